The Hall–Kier alpha value is -1.49. The minimum absolute atomic E-state index is 0.360. The number of hydrogen-bond donors (Lipinski definition) is 0. The molecule has 1 heterocycles. The van der Waals surface area contributed by atoms with Crippen molar-refractivity contribution < 1.29 is 19.1 Å². The molecule has 0 saturated carbocycles. The maximum atomic E-state index is 11.3. The molecule has 0 unspecified atom stereocenters. The first-order chi connectivity index (χ1) is 6.65. The van der Waals surface area contributed by atoms with E-state index in [9.17, 15) is 14.4 Å². The number of esters is 1. The minimum Gasteiger partial charge on any atom is -0.463 e. The average molecular weight is 212 g/mol. The molecule has 0 aliphatic heterocycles. The molecule has 0 amide bonds. The van der Waals surface area contributed by atoms with E-state index in [1.807, 2.05) is 0 Å². The van der Waals surface area contributed by atoms with Gasteiger partial charge in [-0.25, -0.2) is 4.79 Å². The van der Waals surface area contributed by atoms with Crippen LogP contribution >= 0.6 is 11.3 Å². The molecule has 0 aliphatic rings. The number of methoxy groups -OCH3 is 1. The first-order valence-electron chi connectivity index (χ1n) is 3.81. The molecule has 4 nitrogen and oxygen atoms in total. The predicted octanol–water partition coefficient (Wildman–Crippen LogP) is 1.06. The van der Waals surface area contributed by atoms with Crippen LogP contribution in [-0.2, 0) is 14.3 Å². The predicted molar refractivity (Wildman–Crippen MR) is 50.3 cm³/mol. The maximum absolute atomic E-state index is 11.3. The van der Waals surface area contributed by atoms with Crippen LogP contribution in [0.1, 0.15) is 16.8 Å². The van der Waals surface area contributed by atoms with Crippen LogP contribution < -0.4 is 0 Å². The Morgan fingerprint density at radius 3 is 2.64 bits per heavy atom. The summed E-state index contributed by atoms with van der Waals surface area (Å²) in [5.41, 5.74) is 0.451. The quantitative estimate of drug-likeness (QED) is 0.324. The third kappa shape index (κ3) is 2.50. The van der Waals surface area contributed by atoms with E-state index in [-0.39, 0.29) is 5.78 Å². The van der Waals surface area contributed by atoms with E-state index in [0.717, 1.165) is 7.11 Å². The van der Waals surface area contributed by atoms with Gasteiger partial charge in [0.1, 0.15) is 0 Å². The Morgan fingerprint density at radius 1 is 1.43 bits per heavy atom. The molecular weight excluding hydrogens is 204 g/mol. The standard InChI is InChI=1S/C9H8O4S/c1-13-9(12)8(11)4-7(10)6-2-3-14-5-6/h2-3,5H,4H2,1H3. The van der Waals surface area contributed by atoms with Crippen LogP contribution in [0.5, 0.6) is 0 Å². The lowest BCUT2D eigenvalue weighted by atomic mass is 10.1. The minimum atomic E-state index is -0.978. The third-order valence-corrected chi connectivity index (χ3v) is 2.26. The zero-order chi connectivity index (χ0) is 10.6. The van der Waals surface area contributed by atoms with Crippen LogP contribution in [0.3, 0.4) is 0 Å². The van der Waals surface area contributed by atoms with Crippen molar-refractivity contribution in [3.05, 3.63) is 22.4 Å². The van der Waals surface area contributed by atoms with Crippen molar-refractivity contribution >= 4 is 28.9 Å². The molecule has 5 heteroatoms. The van der Waals surface area contributed by atoms with E-state index in [1.165, 1.54) is 11.3 Å². The van der Waals surface area contributed by atoms with Crippen molar-refractivity contribution in [2.45, 2.75) is 6.42 Å². The molecule has 74 valence electrons. The Balaban J connectivity index is 2.58. The van der Waals surface area contributed by atoms with Gasteiger partial charge < -0.3 is 4.74 Å². The highest BCUT2D eigenvalue weighted by atomic mass is 32.1. The summed E-state index contributed by atoms with van der Waals surface area (Å²) in [6.07, 6.45) is -0.427. The van der Waals surface area contributed by atoms with Gasteiger partial charge in [0.25, 0.3) is 0 Å². The van der Waals surface area contributed by atoms with Gasteiger partial charge in [0, 0.05) is 10.9 Å². The molecule has 0 bridgehead atoms. The molecule has 1 rings (SSSR count). The molecule has 0 spiro atoms. The fraction of sp³-hybridized carbons (Fsp3) is 0.222. The second kappa shape index (κ2) is 4.66. The molecular formula is C9H8O4S. The number of thiophene rings is 1. The van der Waals surface area contributed by atoms with Gasteiger partial charge >= 0.3 is 5.97 Å². The summed E-state index contributed by atoms with van der Waals surface area (Å²) in [6.45, 7) is 0. The normalized spacial score (nSPS) is 9.50. The number of Topliss-reactive ketones (excluding diaryl/α,β-unsaturated/α-hetero) is 2. The maximum Gasteiger partial charge on any atom is 0.374 e. The fourth-order valence-corrected chi connectivity index (χ4v) is 1.52. The zero-order valence-corrected chi connectivity index (χ0v) is 8.30. The van der Waals surface area contributed by atoms with Crippen molar-refractivity contribution in [3.63, 3.8) is 0 Å². The highest BCUT2D eigenvalue weighted by molar-refractivity contribution is 7.08. The van der Waals surface area contributed by atoms with Crippen LogP contribution in [0.2, 0.25) is 0 Å². The van der Waals surface area contributed by atoms with E-state index in [0.29, 0.717) is 5.56 Å². The Labute approximate surface area is 84.5 Å². The van der Waals surface area contributed by atoms with Gasteiger partial charge in [-0.05, 0) is 11.4 Å². The molecule has 0 saturated heterocycles. The zero-order valence-electron chi connectivity index (χ0n) is 7.48. The number of ketones is 2. The van der Waals surface area contributed by atoms with Gasteiger partial charge in [-0.3, -0.25) is 9.59 Å². The lowest BCUT2D eigenvalue weighted by Crippen LogP contribution is -2.19. The van der Waals surface area contributed by atoms with Gasteiger partial charge in [-0.2, -0.15) is 11.3 Å². The monoisotopic (exact) mass is 212 g/mol. The lowest BCUT2D eigenvalue weighted by Gasteiger charge is -1.96. The molecule has 0 aliphatic carbocycles. The van der Waals surface area contributed by atoms with Gasteiger partial charge in [0.05, 0.1) is 13.5 Å². The number of carbonyl (C=O) groups excluding carboxylic acids is 3. The Morgan fingerprint density at radius 2 is 2.14 bits per heavy atom. The van der Waals surface area contributed by atoms with Gasteiger partial charge in [0.2, 0.25) is 5.78 Å². The number of hydrogen-bond acceptors (Lipinski definition) is 5. The summed E-state index contributed by atoms with van der Waals surface area (Å²) >= 11 is 1.36. The third-order valence-electron chi connectivity index (χ3n) is 1.58. The summed E-state index contributed by atoms with van der Waals surface area (Å²) in [5, 5.41) is 3.36. The first kappa shape index (κ1) is 10.6. The number of rotatable bonds is 4. The van der Waals surface area contributed by atoms with Crippen molar-refractivity contribution in [2.24, 2.45) is 0 Å². The van der Waals surface area contributed by atoms with Gasteiger partial charge in [0.15, 0.2) is 5.78 Å². The van der Waals surface area contributed by atoms with Crippen LogP contribution in [0, 0.1) is 0 Å². The lowest BCUT2D eigenvalue weighted by molar-refractivity contribution is -0.151. The van der Waals surface area contributed by atoms with Crippen molar-refractivity contribution in [1.82, 2.24) is 0 Å². The second-order valence-electron chi connectivity index (χ2n) is 2.53. The molecule has 0 atom stereocenters. The molecule has 0 aromatic carbocycles. The Kier molecular flexibility index (Phi) is 3.53. The average Bonchev–Trinajstić information content (AvgIpc) is 2.69. The number of ether oxygens (including phenoxy) is 1. The second-order valence-corrected chi connectivity index (χ2v) is 3.31. The number of carbonyl (C=O) groups is 3. The SMILES string of the molecule is COC(=O)C(=O)CC(=O)c1ccsc1. The van der Waals surface area contributed by atoms with Crippen LogP contribution in [-0.4, -0.2) is 24.6 Å². The molecule has 0 N–H and O–H groups in total. The van der Waals surface area contributed by atoms with Crippen molar-refractivity contribution in [2.75, 3.05) is 7.11 Å². The van der Waals surface area contributed by atoms with Gasteiger partial charge in [-0.15, -0.1) is 0 Å². The van der Waals surface area contributed by atoms with E-state index >= 15 is 0 Å². The molecule has 1 aromatic heterocycles. The van der Waals surface area contributed by atoms with E-state index in [4.69, 9.17) is 0 Å². The van der Waals surface area contributed by atoms with Crippen LogP contribution in [0.15, 0.2) is 16.8 Å². The topological polar surface area (TPSA) is 60.4 Å². The van der Waals surface area contributed by atoms with E-state index in [1.54, 1.807) is 16.8 Å². The summed E-state index contributed by atoms with van der Waals surface area (Å²) in [7, 11) is 1.11. The largest absolute Gasteiger partial charge is 0.463 e. The summed E-state index contributed by atoms with van der Waals surface area (Å²) in [5.74, 6) is -2.15. The smallest absolute Gasteiger partial charge is 0.374 e. The van der Waals surface area contributed by atoms with Gasteiger partial charge in [-0.1, -0.05) is 0 Å². The van der Waals surface area contributed by atoms with Crippen molar-refractivity contribution in [3.8, 4) is 0 Å². The first-order valence-corrected chi connectivity index (χ1v) is 4.76. The highest BCUT2D eigenvalue weighted by Gasteiger charge is 2.19. The van der Waals surface area contributed by atoms with Crippen LogP contribution in [0.25, 0.3) is 0 Å². The van der Waals surface area contributed by atoms with Crippen LogP contribution in [0.4, 0.5) is 0 Å². The molecule has 0 fully saturated rings. The van der Waals surface area contributed by atoms with Crippen molar-refractivity contribution in [1.29, 1.82) is 0 Å². The molecule has 14 heavy (non-hydrogen) atoms. The Bertz CT molecular complexity index is 353. The van der Waals surface area contributed by atoms with E-state index < -0.39 is 18.2 Å². The molecule has 1 aromatic rings. The summed E-state index contributed by atoms with van der Waals surface area (Å²) < 4.78 is 4.19. The van der Waals surface area contributed by atoms with E-state index in [2.05, 4.69) is 4.74 Å². The summed E-state index contributed by atoms with van der Waals surface area (Å²) in [4.78, 5) is 33.0. The highest BCUT2D eigenvalue weighted by Crippen LogP contribution is 2.08. The fourth-order valence-electron chi connectivity index (χ4n) is 0.857. The molecule has 0 radical (unpaired) electrons. The summed E-state index contributed by atoms with van der Waals surface area (Å²) in [6, 6.07) is 1.61.